The fourth-order valence-corrected chi connectivity index (χ4v) is 4.72. The van der Waals surface area contributed by atoms with Gasteiger partial charge in [0.1, 0.15) is 0 Å². The average molecular weight is 371 g/mol. The molecule has 0 radical (unpaired) electrons. The van der Waals surface area contributed by atoms with Crippen molar-refractivity contribution in [3.63, 3.8) is 0 Å². The normalized spacial score (nSPS) is 17.3. The van der Waals surface area contributed by atoms with Crippen LogP contribution in [0.5, 0.6) is 0 Å². The smallest absolute Gasteiger partial charge is 0.309 e. The van der Waals surface area contributed by atoms with Gasteiger partial charge >= 0.3 is 11.8 Å². The number of nitrogens with one attached hydrogen (secondary N) is 2. The lowest BCUT2D eigenvalue weighted by Gasteiger charge is -2.36. The van der Waals surface area contributed by atoms with Gasteiger partial charge in [0.15, 0.2) is 0 Å². The van der Waals surface area contributed by atoms with E-state index in [4.69, 9.17) is 0 Å². The molecule has 1 aliphatic carbocycles. The molecule has 0 saturated heterocycles. The highest BCUT2D eigenvalue weighted by molar-refractivity contribution is 7.10. The molecule has 1 heterocycles. The first-order valence-electron chi connectivity index (χ1n) is 9.28. The summed E-state index contributed by atoms with van der Waals surface area (Å²) in [5.41, 5.74) is 0.962. The lowest BCUT2D eigenvalue weighted by molar-refractivity contribution is -0.139. The minimum absolute atomic E-state index is 0.0204. The average Bonchev–Trinajstić information content (AvgIpc) is 3.23. The lowest BCUT2D eigenvalue weighted by Crippen LogP contribution is -2.47. The Labute approximate surface area is 159 Å². The van der Waals surface area contributed by atoms with E-state index in [2.05, 4.69) is 28.1 Å². The van der Waals surface area contributed by atoms with Crippen LogP contribution in [0.25, 0.3) is 0 Å². The molecule has 138 valence electrons. The molecular weight excluding hydrogens is 344 g/mol. The van der Waals surface area contributed by atoms with Gasteiger partial charge in [-0.25, -0.2) is 0 Å². The SMILES string of the molecule is CC(NC(=O)C(=O)NCC1(c2cccs2)CCCCC1)c1ccccc1. The molecule has 1 fully saturated rings. The second kappa shape index (κ2) is 8.49. The largest absolute Gasteiger partial charge is 0.347 e. The first-order chi connectivity index (χ1) is 12.6. The standard InChI is InChI=1S/C21H26N2O2S/c1-16(17-9-4-2-5-10-17)23-20(25)19(24)22-15-21(12-6-3-7-13-21)18-11-8-14-26-18/h2,4-5,8-11,14,16H,3,6-7,12-13,15H2,1H3,(H,22,24)(H,23,25). The van der Waals surface area contributed by atoms with E-state index in [1.54, 1.807) is 11.3 Å². The van der Waals surface area contributed by atoms with E-state index in [9.17, 15) is 9.59 Å². The molecule has 1 aromatic heterocycles. The van der Waals surface area contributed by atoms with E-state index in [-0.39, 0.29) is 11.5 Å². The number of thiophene rings is 1. The Morgan fingerprint density at radius 3 is 2.42 bits per heavy atom. The highest BCUT2D eigenvalue weighted by Crippen LogP contribution is 2.41. The summed E-state index contributed by atoms with van der Waals surface area (Å²) in [6.07, 6.45) is 5.72. The van der Waals surface area contributed by atoms with Crippen molar-refractivity contribution in [2.24, 2.45) is 0 Å². The van der Waals surface area contributed by atoms with Crippen LogP contribution in [0.4, 0.5) is 0 Å². The Morgan fingerprint density at radius 2 is 1.77 bits per heavy atom. The maximum Gasteiger partial charge on any atom is 0.309 e. The van der Waals surface area contributed by atoms with E-state index in [1.165, 1.54) is 24.1 Å². The Bertz CT molecular complexity index is 722. The molecule has 1 atom stereocenters. The van der Waals surface area contributed by atoms with Crippen LogP contribution < -0.4 is 10.6 Å². The Balaban J connectivity index is 1.59. The zero-order valence-electron chi connectivity index (χ0n) is 15.2. The quantitative estimate of drug-likeness (QED) is 0.783. The minimum Gasteiger partial charge on any atom is -0.347 e. The van der Waals surface area contributed by atoms with E-state index >= 15 is 0 Å². The number of benzene rings is 1. The number of rotatable bonds is 5. The van der Waals surface area contributed by atoms with Gasteiger partial charge in [-0.15, -0.1) is 11.3 Å². The monoisotopic (exact) mass is 370 g/mol. The molecule has 1 aromatic carbocycles. The summed E-state index contributed by atoms with van der Waals surface area (Å²) in [5.74, 6) is -1.12. The van der Waals surface area contributed by atoms with E-state index in [0.717, 1.165) is 18.4 Å². The van der Waals surface area contributed by atoms with Crippen molar-refractivity contribution in [2.45, 2.75) is 50.5 Å². The third-order valence-corrected chi connectivity index (χ3v) is 6.41. The van der Waals surface area contributed by atoms with Crippen molar-refractivity contribution in [1.82, 2.24) is 10.6 Å². The van der Waals surface area contributed by atoms with E-state index < -0.39 is 11.8 Å². The van der Waals surface area contributed by atoms with Crippen LogP contribution in [-0.2, 0) is 15.0 Å². The molecule has 3 rings (SSSR count). The highest BCUT2D eigenvalue weighted by atomic mass is 32.1. The van der Waals surface area contributed by atoms with Gasteiger partial charge in [-0.05, 0) is 36.8 Å². The summed E-state index contributed by atoms with van der Waals surface area (Å²) < 4.78 is 0. The van der Waals surface area contributed by atoms with Crippen molar-refractivity contribution in [3.05, 3.63) is 58.3 Å². The van der Waals surface area contributed by atoms with Crippen molar-refractivity contribution < 1.29 is 9.59 Å². The van der Waals surface area contributed by atoms with Crippen molar-refractivity contribution in [3.8, 4) is 0 Å². The number of hydrogen-bond acceptors (Lipinski definition) is 3. The molecule has 0 aliphatic heterocycles. The summed E-state index contributed by atoms with van der Waals surface area (Å²) >= 11 is 1.74. The summed E-state index contributed by atoms with van der Waals surface area (Å²) in [7, 11) is 0. The summed E-state index contributed by atoms with van der Waals surface area (Å²) in [6.45, 7) is 2.41. The lowest BCUT2D eigenvalue weighted by atomic mass is 9.73. The second-order valence-electron chi connectivity index (χ2n) is 7.11. The van der Waals surface area contributed by atoms with Gasteiger partial charge in [0.2, 0.25) is 0 Å². The van der Waals surface area contributed by atoms with Gasteiger partial charge in [-0.3, -0.25) is 9.59 Å². The summed E-state index contributed by atoms with van der Waals surface area (Å²) in [5, 5.41) is 7.76. The van der Waals surface area contributed by atoms with Crippen LogP contribution in [0, 0.1) is 0 Å². The molecule has 2 aromatic rings. The second-order valence-corrected chi connectivity index (χ2v) is 8.05. The van der Waals surface area contributed by atoms with Crippen LogP contribution in [-0.4, -0.2) is 18.4 Å². The van der Waals surface area contributed by atoms with Gasteiger partial charge in [-0.2, -0.15) is 0 Å². The van der Waals surface area contributed by atoms with Crippen LogP contribution in [0.1, 0.15) is 55.5 Å². The maximum atomic E-state index is 12.3. The van der Waals surface area contributed by atoms with Crippen LogP contribution >= 0.6 is 11.3 Å². The number of hydrogen-bond donors (Lipinski definition) is 2. The summed E-state index contributed by atoms with van der Waals surface area (Å²) in [4.78, 5) is 25.9. The third kappa shape index (κ3) is 4.33. The number of carbonyl (C=O) groups is 2. The Kier molecular flexibility index (Phi) is 6.09. The van der Waals surface area contributed by atoms with Crippen molar-refractivity contribution >= 4 is 23.2 Å². The molecule has 1 saturated carbocycles. The fourth-order valence-electron chi connectivity index (χ4n) is 3.74. The molecule has 0 spiro atoms. The zero-order chi connectivity index (χ0) is 18.4. The molecule has 1 unspecified atom stereocenters. The van der Waals surface area contributed by atoms with Crippen LogP contribution in [0.2, 0.25) is 0 Å². The Morgan fingerprint density at radius 1 is 1.04 bits per heavy atom. The molecule has 26 heavy (non-hydrogen) atoms. The van der Waals surface area contributed by atoms with Gasteiger partial charge in [-0.1, -0.05) is 55.7 Å². The number of amides is 2. The summed E-state index contributed by atoms with van der Waals surface area (Å²) in [6, 6.07) is 13.7. The predicted molar refractivity (Wildman–Crippen MR) is 105 cm³/mol. The first-order valence-corrected chi connectivity index (χ1v) is 10.2. The third-order valence-electron chi connectivity index (χ3n) is 5.30. The molecule has 4 nitrogen and oxygen atoms in total. The van der Waals surface area contributed by atoms with Crippen LogP contribution in [0.3, 0.4) is 0 Å². The molecular formula is C21H26N2O2S. The molecule has 2 N–H and O–H groups in total. The van der Waals surface area contributed by atoms with Crippen molar-refractivity contribution in [2.75, 3.05) is 6.54 Å². The first kappa shape index (κ1) is 18.6. The number of carbonyl (C=O) groups excluding carboxylic acids is 2. The van der Waals surface area contributed by atoms with E-state index in [0.29, 0.717) is 6.54 Å². The van der Waals surface area contributed by atoms with Gasteiger partial charge in [0.05, 0.1) is 6.04 Å². The predicted octanol–water partition coefficient (Wildman–Crippen LogP) is 3.94. The van der Waals surface area contributed by atoms with Gasteiger partial charge < -0.3 is 10.6 Å². The highest BCUT2D eigenvalue weighted by Gasteiger charge is 2.35. The maximum absolute atomic E-state index is 12.3. The van der Waals surface area contributed by atoms with Crippen LogP contribution in [0.15, 0.2) is 47.8 Å². The van der Waals surface area contributed by atoms with Crippen molar-refractivity contribution in [1.29, 1.82) is 0 Å². The molecule has 0 bridgehead atoms. The zero-order valence-corrected chi connectivity index (χ0v) is 16.0. The van der Waals surface area contributed by atoms with Gasteiger partial charge in [0, 0.05) is 16.8 Å². The molecule has 1 aliphatic rings. The molecule has 2 amide bonds. The molecule has 5 heteroatoms. The fraction of sp³-hybridized carbons (Fsp3) is 0.429. The van der Waals surface area contributed by atoms with Gasteiger partial charge in [0.25, 0.3) is 0 Å². The Hall–Kier alpha value is -2.14. The minimum atomic E-state index is -0.571. The van der Waals surface area contributed by atoms with E-state index in [1.807, 2.05) is 37.3 Å². The topological polar surface area (TPSA) is 58.2 Å².